The van der Waals surface area contributed by atoms with Gasteiger partial charge in [0, 0.05) is 12.3 Å². The first-order valence-electron chi connectivity index (χ1n) is 6.42. The van der Waals surface area contributed by atoms with Crippen molar-refractivity contribution in [2.75, 3.05) is 6.54 Å². The van der Waals surface area contributed by atoms with E-state index < -0.39 is 0 Å². The monoisotopic (exact) mass is 223 g/mol. The molecule has 4 heteroatoms. The summed E-state index contributed by atoms with van der Waals surface area (Å²) in [6, 6.07) is 0. The van der Waals surface area contributed by atoms with E-state index in [0.29, 0.717) is 12.5 Å². The minimum atomic E-state index is 0.502. The van der Waals surface area contributed by atoms with Crippen LogP contribution in [0.2, 0.25) is 0 Å². The maximum absolute atomic E-state index is 5.70. The van der Waals surface area contributed by atoms with Crippen LogP contribution in [0, 0.1) is 0 Å². The zero-order valence-electron chi connectivity index (χ0n) is 9.82. The summed E-state index contributed by atoms with van der Waals surface area (Å²) in [7, 11) is 0. The summed E-state index contributed by atoms with van der Waals surface area (Å²) in [5, 5.41) is 8.26. The Morgan fingerprint density at radius 1 is 1.12 bits per heavy atom. The Hall–Kier alpha value is -0.900. The molecule has 0 bridgehead atoms. The van der Waals surface area contributed by atoms with Gasteiger partial charge in [-0.1, -0.05) is 25.7 Å². The largest absolute Gasteiger partial charge is 0.425 e. The SMILES string of the molecule is NCCCc1nnc(C2CCCCCC2)o1. The number of nitrogens with two attached hydrogens (primary N) is 1. The van der Waals surface area contributed by atoms with Crippen molar-refractivity contribution in [3.8, 4) is 0 Å². The standard InChI is InChI=1S/C12H21N3O/c13-9-5-8-11-14-15-12(16-11)10-6-3-1-2-4-7-10/h10H,1-9,13H2. The lowest BCUT2D eigenvalue weighted by molar-refractivity contribution is 0.393. The third-order valence-corrected chi connectivity index (χ3v) is 3.28. The van der Waals surface area contributed by atoms with Crippen molar-refractivity contribution in [1.29, 1.82) is 0 Å². The molecular formula is C12H21N3O. The Balaban J connectivity index is 1.94. The predicted octanol–water partition coefficient (Wildman–Crippen LogP) is 2.40. The molecule has 2 rings (SSSR count). The van der Waals surface area contributed by atoms with Crippen molar-refractivity contribution in [3.63, 3.8) is 0 Å². The van der Waals surface area contributed by atoms with Crippen molar-refractivity contribution < 1.29 is 4.42 Å². The molecule has 0 amide bonds. The third kappa shape index (κ3) is 3.04. The number of aromatic nitrogens is 2. The molecule has 1 aliphatic rings. The van der Waals surface area contributed by atoms with Gasteiger partial charge in [-0.25, -0.2) is 0 Å². The highest BCUT2D eigenvalue weighted by molar-refractivity contribution is 4.92. The summed E-state index contributed by atoms with van der Waals surface area (Å²) >= 11 is 0. The normalized spacial score (nSPS) is 18.6. The fourth-order valence-electron chi connectivity index (χ4n) is 2.31. The second kappa shape index (κ2) is 5.99. The summed E-state index contributed by atoms with van der Waals surface area (Å²) in [5.41, 5.74) is 5.46. The first-order chi connectivity index (χ1) is 7.90. The Morgan fingerprint density at radius 2 is 1.88 bits per heavy atom. The number of rotatable bonds is 4. The molecule has 0 atom stereocenters. The van der Waals surface area contributed by atoms with E-state index >= 15 is 0 Å². The van der Waals surface area contributed by atoms with E-state index in [9.17, 15) is 0 Å². The van der Waals surface area contributed by atoms with E-state index in [2.05, 4.69) is 10.2 Å². The lowest BCUT2D eigenvalue weighted by Crippen LogP contribution is -2.00. The number of aryl methyl sites for hydroxylation is 1. The average Bonchev–Trinajstić information content (AvgIpc) is 2.60. The molecule has 1 aliphatic carbocycles. The highest BCUT2D eigenvalue weighted by atomic mass is 16.4. The molecule has 16 heavy (non-hydrogen) atoms. The number of hydrogen-bond acceptors (Lipinski definition) is 4. The van der Waals surface area contributed by atoms with Crippen molar-refractivity contribution in [2.24, 2.45) is 5.73 Å². The molecule has 0 unspecified atom stereocenters. The fraction of sp³-hybridized carbons (Fsp3) is 0.833. The molecule has 2 N–H and O–H groups in total. The molecule has 1 saturated carbocycles. The molecule has 1 aromatic rings. The van der Waals surface area contributed by atoms with Crippen LogP contribution in [0.25, 0.3) is 0 Å². The van der Waals surface area contributed by atoms with E-state index in [4.69, 9.17) is 10.2 Å². The summed E-state index contributed by atoms with van der Waals surface area (Å²) in [4.78, 5) is 0. The van der Waals surface area contributed by atoms with Gasteiger partial charge < -0.3 is 10.2 Å². The second-order valence-corrected chi connectivity index (χ2v) is 4.61. The topological polar surface area (TPSA) is 64.9 Å². The molecule has 0 spiro atoms. The minimum Gasteiger partial charge on any atom is -0.425 e. The molecule has 90 valence electrons. The van der Waals surface area contributed by atoms with Crippen LogP contribution in [-0.2, 0) is 6.42 Å². The zero-order valence-corrected chi connectivity index (χ0v) is 9.82. The van der Waals surface area contributed by atoms with Crippen LogP contribution < -0.4 is 5.73 Å². The Morgan fingerprint density at radius 3 is 2.56 bits per heavy atom. The Kier molecular flexibility index (Phi) is 4.34. The van der Waals surface area contributed by atoms with Gasteiger partial charge in [0.15, 0.2) is 0 Å². The van der Waals surface area contributed by atoms with E-state index in [1.54, 1.807) is 0 Å². The van der Waals surface area contributed by atoms with Gasteiger partial charge in [-0.05, 0) is 25.8 Å². The Labute approximate surface area is 96.6 Å². The summed E-state index contributed by atoms with van der Waals surface area (Å²) in [6.45, 7) is 0.682. The van der Waals surface area contributed by atoms with Crippen LogP contribution >= 0.6 is 0 Å². The molecule has 0 aliphatic heterocycles. The average molecular weight is 223 g/mol. The highest BCUT2D eigenvalue weighted by Crippen LogP contribution is 2.30. The van der Waals surface area contributed by atoms with Gasteiger partial charge in [-0.3, -0.25) is 0 Å². The van der Waals surface area contributed by atoms with Crippen molar-refractivity contribution >= 4 is 0 Å². The maximum atomic E-state index is 5.70. The van der Waals surface area contributed by atoms with Gasteiger partial charge in [-0.15, -0.1) is 10.2 Å². The second-order valence-electron chi connectivity index (χ2n) is 4.61. The van der Waals surface area contributed by atoms with E-state index in [1.165, 1.54) is 38.5 Å². The smallest absolute Gasteiger partial charge is 0.219 e. The van der Waals surface area contributed by atoms with Crippen molar-refractivity contribution in [2.45, 2.75) is 57.3 Å². The van der Waals surface area contributed by atoms with Crippen LogP contribution in [0.15, 0.2) is 4.42 Å². The van der Waals surface area contributed by atoms with Crippen molar-refractivity contribution in [3.05, 3.63) is 11.8 Å². The van der Waals surface area contributed by atoms with E-state index in [1.807, 2.05) is 0 Å². The zero-order chi connectivity index (χ0) is 11.2. The third-order valence-electron chi connectivity index (χ3n) is 3.28. The van der Waals surface area contributed by atoms with Gasteiger partial charge in [-0.2, -0.15) is 0 Å². The van der Waals surface area contributed by atoms with Crippen LogP contribution in [0.1, 0.15) is 62.6 Å². The number of hydrogen-bond donors (Lipinski definition) is 1. The summed E-state index contributed by atoms with van der Waals surface area (Å²) < 4.78 is 5.70. The maximum Gasteiger partial charge on any atom is 0.219 e. The lowest BCUT2D eigenvalue weighted by Gasteiger charge is -2.07. The van der Waals surface area contributed by atoms with Gasteiger partial charge in [0.25, 0.3) is 0 Å². The van der Waals surface area contributed by atoms with Crippen LogP contribution in [0.4, 0.5) is 0 Å². The molecule has 1 heterocycles. The van der Waals surface area contributed by atoms with Gasteiger partial charge in [0.05, 0.1) is 0 Å². The fourth-order valence-corrected chi connectivity index (χ4v) is 2.31. The Bertz CT molecular complexity index is 303. The van der Waals surface area contributed by atoms with Gasteiger partial charge in [0.1, 0.15) is 0 Å². The predicted molar refractivity (Wildman–Crippen MR) is 62.1 cm³/mol. The minimum absolute atomic E-state index is 0.502. The number of nitrogens with zero attached hydrogens (tertiary/aromatic N) is 2. The molecular weight excluding hydrogens is 202 g/mol. The van der Waals surface area contributed by atoms with Gasteiger partial charge >= 0.3 is 0 Å². The van der Waals surface area contributed by atoms with E-state index in [0.717, 1.165) is 24.6 Å². The molecule has 0 saturated heterocycles. The van der Waals surface area contributed by atoms with Crippen LogP contribution in [0.5, 0.6) is 0 Å². The van der Waals surface area contributed by atoms with E-state index in [-0.39, 0.29) is 0 Å². The van der Waals surface area contributed by atoms with Crippen molar-refractivity contribution in [1.82, 2.24) is 10.2 Å². The van der Waals surface area contributed by atoms with Gasteiger partial charge in [0.2, 0.25) is 11.8 Å². The highest BCUT2D eigenvalue weighted by Gasteiger charge is 2.19. The first kappa shape index (κ1) is 11.6. The molecule has 1 aromatic heterocycles. The summed E-state index contributed by atoms with van der Waals surface area (Å²) in [6.07, 6.45) is 9.45. The molecule has 1 fully saturated rings. The molecule has 0 radical (unpaired) electrons. The molecule has 0 aromatic carbocycles. The van der Waals surface area contributed by atoms with Crippen LogP contribution in [-0.4, -0.2) is 16.7 Å². The quantitative estimate of drug-likeness (QED) is 0.796. The summed E-state index contributed by atoms with van der Waals surface area (Å²) in [5.74, 6) is 2.11. The lowest BCUT2D eigenvalue weighted by atomic mass is 10.0. The first-order valence-corrected chi connectivity index (χ1v) is 6.42. The van der Waals surface area contributed by atoms with Crippen LogP contribution in [0.3, 0.4) is 0 Å². The molecule has 4 nitrogen and oxygen atoms in total.